The van der Waals surface area contributed by atoms with Crippen molar-refractivity contribution in [1.82, 2.24) is 0 Å². The van der Waals surface area contributed by atoms with Gasteiger partial charge in [0, 0.05) is 5.56 Å². The van der Waals surface area contributed by atoms with Crippen LogP contribution in [0.15, 0.2) is 10.5 Å². The van der Waals surface area contributed by atoms with Gasteiger partial charge in [-0.15, -0.1) is 0 Å². The average molecular weight is 114 g/mol. The smallest absolute Gasteiger partial charge is 0.280 e. The Kier molecular flexibility index (Phi) is 1.08. The van der Waals surface area contributed by atoms with Crippen molar-refractivity contribution in [3.8, 4) is 0 Å². The zero-order valence-corrected chi connectivity index (χ0v) is 4.86. The third kappa shape index (κ3) is 0.735. The van der Waals surface area contributed by atoms with Crippen LogP contribution in [0.5, 0.6) is 0 Å². The van der Waals surface area contributed by atoms with Crippen molar-refractivity contribution >= 4 is 0 Å². The molecule has 0 aliphatic rings. The van der Waals surface area contributed by atoms with E-state index in [0.29, 0.717) is 11.3 Å². The summed E-state index contributed by atoms with van der Waals surface area (Å²) in [5.74, 6) is 0.625. The van der Waals surface area contributed by atoms with Crippen molar-refractivity contribution in [3.05, 3.63) is 23.4 Å². The Morgan fingerprint density at radius 1 is 1.50 bits per heavy atom. The van der Waals surface area contributed by atoms with Crippen molar-refractivity contribution in [2.24, 2.45) is 0 Å². The molecule has 8 heavy (non-hydrogen) atoms. The minimum atomic E-state index is -0.470. The van der Waals surface area contributed by atoms with Crippen LogP contribution in [-0.4, -0.2) is 0 Å². The van der Waals surface area contributed by atoms with Gasteiger partial charge in [-0.2, -0.15) is 4.39 Å². The van der Waals surface area contributed by atoms with Gasteiger partial charge in [0.1, 0.15) is 5.76 Å². The van der Waals surface area contributed by atoms with Gasteiger partial charge in [0.25, 0.3) is 6.01 Å². The zero-order valence-electron chi connectivity index (χ0n) is 4.86. The largest absolute Gasteiger partial charge is 0.436 e. The van der Waals surface area contributed by atoms with Crippen LogP contribution in [0.3, 0.4) is 0 Å². The van der Waals surface area contributed by atoms with Crippen molar-refractivity contribution in [3.63, 3.8) is 0 Å². The lowest BCUT2D eigenvalue weighted by molar-refractivity contribution is 0.342. The number of halogens is 1. The van der Waals surface area contributed by atoms with Crippen LogP contribution in [0, 0.1) is 19.9 Å². The lowest BCUT2D eigenvalue weighted by atomic mass is 10.3. The monoisotopic (exact) mass is 114 g/mol. The van der Waals surface area contributed by atoms with Gasteiger partial charge >= 0.3 is 0 Å². The Bertz CT molecular complexity index is 171. The lowest BCUT2D eigenvalue weighted by Crippen LogP contribution is -1.65. The van der Waals surface area contributed by atoms with E-state index in [2.05, 4.69) is 4.42 Å². The second-order valence-electron chi connectivity index (χ2n) is 1.81. The minimum absolute atomic E-state index is 0.470. The van der Waals surface area contributed by atoms with Gasteiger partial charge in [-0.25, -0.2) is 0 Å². The molecule has 1 aromatic heterocycles. The fourth-order valence-corrected chi connectivity index (χ4v) is 0.613. The molecule has 0 aromatic carbocycles. The molecule has 0 aliphatic heterocycles. The molecule has 0 unspecified atom stereocenters. The summed E-state index contributed by atoms with van der Waals surface area (Å²) in [4.78, 5) is 0. The Morgan fingerprint density at radius 2 is 2.12 bits per heavy atom. The van der Waals surface area contributed by atoms with Crippen molar-refractivity contribution in [2.45, 2.75) is 13.8 Å². The molecule has 1 rings (SSSR count). The van der Waals surface area contributed by atoms with E-state index in [0.717, 1.165) is 0 Å². The molecule has 1 heterocycles. The van der Waals surface area contributed by atoms with Crippen LogP contribution in [0.4, 0.5) is 4.39 Å². The molecule has 0 spiro atoms. The number of aryl methyl sites for hydroxylation is 2. The van der Waals surface area contributed by atoms with Gasteiger partial charge in [0.05, 0.1) is 0 Å². The summed E-state index contributed by atoms with van der Waals surface area (Å²) in [5, 5.41) is 0. The maximum Gasteiger partial charge on any atom is 0.280 e. The Hall–Kier alpha value is -0.790. The average Bonchev–Trinajstić information content (AvgIpc) is 1.85. The number of hydrogen-bond acceptors (Lipinski definition) is 1. The van der Waals surface area contributed by atoms with E-state index in [1.165, 1.54) is 0 Å². The zero-order chi connectivity index (χ0) is 6.15. The molecule has 44 valence electrons. The van der Waals surface area contributed by atoms with Crippen molar-refractivity contribution < 1.29 is 8.81 Å². The van der Waals surface area contributed by atoms with Crippen molar-refractivity contribution in [2.75, 3.05) is 0 Å². The van der Waals surface area contributed by atoms with Crippen LogP contribution in [0.1, 0.15) is 11.3 Å². The maximum atomic E-state index is 12.2. The standard InChI is InChI=1S/C6H7FO/c1-4-3-5(2)8-6(4)7/h3H,1-2H3. The van der Waals surface area contributed by atoms with Crippen LogP contribution < -0.4 is 0 Å². The quantitative estimate of drug-likeness (QED) is 0.503. The minimum Gasteiger partial charge on any atom is -0.436 e. The summed E-state index contributed by atoms with van der Waals surface area (Å²) >= 11 is 0. The van der Waals surface area contributed by atoms with Crippen LogP contribution >= 0.6 is 0 Å². The van der Waals surface area contributed by atoms with E-state index in [9.17, 15) is 4.39 Å². The third-order valence-electron chi connectivity index (χ3n) is 0.980. The molecule has 0 radical (unpaired) electrons. The molecule has 1 aromatic rings. The van der Waals surface area contributed by atoms with Crippen molar-refractivity contribution in [1.29, 1.82) is 0 Å². The maximum absolute atomic E-state index is 12.2. The molecular weight excluding hydrogens is 107 g/mol. The van der Waals surface area contributed by atoms with Gasteiger partial charge < -0.3 is 4.42 Å². The number of furan rings is 1. The van der Waals surface area contributed by atoms with Crippen LogP contribution in [-0.2, 0) is 0 Å². The summed E-state index contributed by atoms with van der Waals surface area (Å²) in [6.07, 6.45) is 0. The van der Waals surface area contributed by atoms with E-state index >= 15 is 0 Å². The van der Waals surface area contributed by atoms with E-state index in [-0.39, 0.29) is 0 Å². The highest BCUT2D eigenvalue weighted by Crippen LogP contribution is 2.09. The second-order valence-corrected chi connectivity index (χ2v) is 1.81. The lowest BCUT2D eigenvalue weighted by Gasteiger charge is -1.75. The van der Waals surface area contributed by atoms with E-state index in [4.69, 9.17) is 0 Å². The molecular formula is C6H7FO. The van der Waals surface area contributed by atoms with Crippen LogP contribution in [0.2, 0.25) is 0 Å². The molecule has 0 fully saturated rings. The first kappa shape index (κ1) is 5.35. The van der Waals surface area contributed by atoms with E-state index in [1.54, 1.807) is 19.9 Å². The fraction of sp³-hybridized carbons (Fsp3) is 0.333. The highest BCUT2D eigenvalue weighted by atomic mass is 19.1. The highest BCUT2D eigenvalue weighted by Gasteiger charge is 1.99. The molecule has 0 saturated heterocycles. The predicted octanol–water partition coefficient (Wildman–Crippen LogP) is 2.04. The first-order chi connectivity index (χ1) is 3.70. The SMILES string of the molecule is Cc1cc(C)c(F)o1. The summed E-state index contributed by atoms with van der Waals surface area (Å²) < 4.78 is 16.7. The van der Waals surface area contributed by atoms with Gasteiger partial charge in [-0.3, -0.25) is 0 Å². The molecule has 0 bridgehead atoms. The second kappa shape index (κ2) is 1.62. The first-order valence-electron chi connectivity index (χ1n) is 2.42. The third-order valence-corrected chi connectivity index (χ3v) is 0.980. The normalized spacial score (nSPS) is 9.88. The molecule has 0 aliphatic carbocycles. The summed E-state index contributed by atoms with van der Waals surface area (Å²) in [6.45, 7) is 3.39. The summed E-state index contributed by atoms with van der Waals surface area (Å²) in [5.41, 5.74) is 0.572. The molecule has 0 N–H and O–H groups in total. The first-order valence-corrected chi connectivity index (χ1v) is 2.42. The number of rotatable bonds is 0. The Labute approximate surface area is 47.1 Å². The molecule has 0 saturated carbocycles. The van der Waals surface area contributed by atoms with Gasteiger partial charge in [-0.1, -0.05) is 0 Å². The Morgan fingerprint density at radius 3 is 2.25 bits per heavy atom. The van der Waals surface area contributed by atoms with Gasteiger partial charge in [0.15, 0.2) is 0 Å². The van der Waals surface area contributed by atoms with E-state index in [1.807, 2.05) is 0 Å². The fourth-order valence-electron chi connectivity index (χ4n) is 0.613. The highest BCUT2D eigenvalue weighted by molar-refractivity contribution is 5.10. The summed E-state index contributed by atoms with van der Waals surface area (Å²) in [7, 11) is 0. The molecule has 0 atom stereocenters. The topological polar surface area (TPSA) is 13.1 Å². The molecule has 1 nitrogen and oxygen atoms in total. The number of hydrogen-bond donors (Lipinski definition) is 0. The summed E-state index contributed by atoms with van der Waals surface area (Å²) in [6, 6.07) is 1.19. The van der Waals surface area contributed by atoms with E-state index < -0.39 is 6.01 Å². The van der Waals surface area contributed by atoms with Gasteiger partial charge in [0.2, 0.25) is 0 Å². The Balaban J connectivity index is 3.14. The molecule has 2 heteroatoms. The molecule has 0 amide bonds. The van der Waals surface area contributed by atoms with Gasteiger partial charge in [-0.05, 0) is 19.9 Å². The van der Waals surface area contributed by atoms with Crippen LogP contribution in [0.25, 0.3) is 0 Å². The predicted molar refractivity (Wildman–Crippen MR) is 28.1 cm³/mol.